The quantitative estimate of drug-likeness (QED) is 0.531. The van der Waals surface area contributed by atoms with E-state index >= 15 is 0 Å². The summed E-state index contributed by atoms with van der Waals surface area (Å²) in [7, 11) is 0. The van der Waals surface area contributed by atoms with Crippen molar-refractivity contribution in [2.75, 3.05) is 0 Å². The zero-order valence-electron chi connectivity index (χ0n) is 9.34. The molecular weight excluding hydrogens is 208 g/mol. The van der Waals surface area contributed by atoms with E-state index in [1.807, 2.05) is 48.5 Å². The maximum atomic E-state index is 5.55. The molecule has 1 fully saturated rings. The van der Waals surface area contributed by atoms with Crippen molar-refractivity contribution in [2.45, 2.75) is 12.2 Å². The zero-order chi connectivity index (χ0) is 11.5. The van der Waals surface area contributed by atoms with Crippen molar-refractivity contribution in [1.29, 1.82) is 0 Å². The Morgan fingerprint density at radius 3 is 2.18 bits per heavy atom. The van der Waals surface area contributed by atoms with Crippen LogP contribution in [0.15, 0.2) is 60.7 Å². The van der Waals surface area contributed by atoms with Gasteiger partial charge in [0, 0.05) is 5.56 Å². The Morgan fingerprint density at radius 2 is 1.47 bits per heavy atom. The fourth-order valence-corrected chi connectivity index (χ4v) is 1.79. The summed E-state index contributed by atoms with van der Waals surface area (Å²) < 4.78 is 5.55. The SMILES string of the molecule is C(#C[C@@H]1O[C@@H]1c1ccccc1)c1ccccc1. The zero-order valence-corrected chi connectivity index (χ0v) is 9.34. The van der Waals surface area contributed by atoms with E-state index in [1.54, 1.807) is 0 Å². The molecule has 0 aliphatic carbocycles. The topological polar surface area (TPSA) is 12.5 Å². The second-order valence-corrected chi connectivity index (χ2v) is 4.02. The maximum Gasteiger partial charge on any atom is 0.149 e. The van der Waals surface area contributed by atoms with Crippen LogP contribution >= 0.6 is 0 Å². The van der Waals surface area contributed by atoms with Gasteiger partial charge in [0.1, 0.15) is 12.2 Å². The monoisotopic (exact) mass is 220 g/mol. The average molecular weight is 220 g/mol. The first-order valence-electron chi connectivity index (χ1n) is 5.70. The lowest BCUT2D eigenvalue weighted by atomic mass is 10.1. The molecule has 0 bridgehead atoms. The van der Waals surface area contributed by atoms with Gasteiger partial charge >= 0.3 is 0 Å². The summed E-state index contributed by atoms with van der Waals surface area (Å²) in [6.45, 7) is 0. The fraction of sp³-hybridized carbons (Fsp3) is 0.125. The Labute approximate surface area is 101 Å². The summed E-state index contributed by atoms with van der Waals surface area (Å²) in [6, 6.07) is 20.2. The first-order valence-corrected chi connectivity index (χ1v) is 5.70. The summed E-state index contributed by atoms with van der Waals surface area (Å²) in [5.74, 6) is 6.28. The normalized spacial score (nSPS) is 21.4. The molecule has 0 unspecified atom stereocenters. The van der Waals surface area contributed by atoms with Crippen LogP contribution in [0.4, 0.5) is 0 Å². The number of ether oxygens (including phenoxy) is 1. The molecule has 1 nitrogen and oxygen atoms in total. The van der Waals surface area contributed by atoms with Crippen LogP contribution in [0.1, 0.15) is 17.2 Å². The molecule has 0 saturated carbocycles. The molecule has 1 saturated heterocycles. The molecule has 0 radical (unpaired) electrons. The van der Waals surface area contributed by atoms with E-state index in [0.29, 0.717) is 0 Å². The lowest BCUT2D eigenvalue weighted by Crippen LogP contribution is -1.84. The van der Waals surface area contributed by atoms with Crippen molar-refractivity contribution in [3.63, 3.8) is 0 Å². The van der Waals surface area contributed by atoms with Gasteiger partial charge in [0.2, 0.25) is 0 Å². The smallest absolute Gasteiger partial charge is 0.149 e. The van der Waals surface area contributed by atoms with Gasteiger partial charge in [-0.1, -0.05) is 60.4 Å². The second kappa shape index (κ2) is 4.45. The van der Waals surface area contributed by atoms with Crippen molar-refractivity contribution in [1.82, 2.24) is 0 Å². The predicted octanol–water partition coefficient (Wildman–Crippen LogP) is 3.18. The maximum absolute atomic E-state index is 5.55. The van der Waals surface area contributed by atoms with Gasteiger partial charge < -0.3 is 4.74 Å². The van der Waals surface area contributed by atoms with E-state index in [0.717, 1.165) is 5.56 Å². The third kappa shape index (κ3) is 2.38. The molecule has 2 aromatic carbocycles. The van der Waals surface area contributed by atoms with Gasteiger partial charge in [-0.15, -0.1) is 0 Å². The molecule has 0 spiro atoms. The standard InChI is InChI=1S/C16H12O/c1-3-7-13(8-4-1)11-12-15-16(17-15)14-9-5-2-6-10-14/h1-10,15-16H/t15-,16+/m0/s1. The second-order valence-electron chi connectivity index (χ2n) is 4.02. The number of hydrogen-bond donors (Lipinski definition) is 0. The van der Waals surface area contributed by atoms with Crippen LogP contribution in [0.3, 0.4) is 0 Å². The minimum atomic E-state index is 0.0533. The van der Waals surface area contributed by atoms with Gasteiger partial charge in [-0.25, -0.2) is 0 Å². The number of rotatable bonds is 1. The van der Waals surface area contributed by atoms with Crippen LogP contribution in [0.2, 0.25) is 0 Å². The van der Waals surface area contributed by atoms with Gasteiger partial charge in [-0.3, -0.25) is 0 Å². The van der Waals surface area contributed by atoms with Crippen LogP contribution in [0.25, 0.3) is 0 Å². The lowest BCUT2D eigenvalue weighted by Gasteiger charge is -1.91. The highest BCUT2D eigenvalue weighted by Crippen LogP contribution is 2.37. The lowest BCUT2D eigenvalue weighted by molar-refractivity contribution is 0.397. The molecule has 82 valence electrons. The van der Waals surface area contributed by atoms with Crippen LogP contribution in [0, 0.1) is 11.8 Å². The molecule has 1 aliphatic heterocycles. The molecule has 0 N–H and O–H groups in total. The van der Waals surface area contributed by atoms with Gasteiger partial charge in [0.05, 0.1) is 0 Å². The Kier molecular flexibility index (Phi) is 2.65. The first-order chi connectivity index (χ1) is 8.43. The van der Waals surface area contributed by atoms with Gasteiger partial charge in [0.25, 0.3) is 0 Å². The van der Waals surface area contributed by atoms with E-state index in [9.17, 15) is 0 Å². The van der Waals surface area contributed by atoms with E-state index in [-0.39, 0.29) is 12.2 Å². The molecule has 0 amide bonds. The van der Waals surface area contributed by atoms with Crippen molar-refractivity contribution in [2.24, 2.45) is 0 Å². The van der Waals surface area contributed by atoms with Gasteiger partial charge in [-0.2, -0.15) is 0 Å². The van der Waals surface area contributed by atoms with Crippen LogP contribution in [0.5, 0.6) is 0 Å². The third-order valence-corrected chi connectivity index (χ3v) is 2.75. The Bertz CT molecular complexity index is 548. The Balaban J connectivity index is 1.69. The minimum Gasteiger partial charge on any atom is -0.351 e. The van der Waals surface area contributed by atoms with E-state index < -0.39 is 0 Å². The van der Waals surface area contributed by atoms with E-state index in [1.165, 1.54) is 5.56 Å². The van der Waals surface area contributed by atoms with Crippen molar-refractivity contribution in [3.8, 4) is 11.8 Å². The van der Waals surface area contributed by atoms with Crippen LogP contribution in [-0.2, 0) is 4.74 Å². The predicted molar refractivity (Wildman–Crippen MR) is 67.4 cm³/mol. The molecule has 1 heteroatoms. The summed E-state index contributed by atoms with van der Waals surface area (Å²) in [5, 5.41) is 0. The van der Waals surface area contributed by atoms with Crippen molar-refractivity contribution in [3.05, 3.63) is 71.8 Å². The summed E-state index contributed by atoms with van der Waals surface area (Å²) in [6.07, 6.45) is 0.213. The van der Waals surface area contributed by atoms with E-state index in [2.05, 4.69) is 24.0 Å². The van der Waals surface area contributed by atoms with Crippen LogP contribution in [-0.4, -0.2) is 6.10 Å². The van der Waals surface area contributed by atoms with E-state index in [4.69, 9.17) is 4.74 Å². The largest absolute Gasteiger partial charge is 0.351 e. The Morgan fingerprint density at radius 1 is 0.824 bits per heavy atom. The van der Waals surface area contributed by atoms with Crippen molar-refractivity contribution >= 4 is 0 Å². The number of benzene rings is 2. The average Bonchev–Trinajstić information content (AvgIpc) is 3.18. The summed E-state index contributed by atoms with van der Waals surface area (Å²) in [4.78, 5) is 0. The Hall–Kier alpha value is -2.04. The number of epoxide rings is 1. The van der Waals surface area contributed by atoms with Crippen LogP contribution < -0.4 is 0 Å². The summed E-state index contributed by atoms with van der Waals surface area (Å²) >= 11 is 0. The first kappa shape index (κ1) is 10.1. The van der Waals surface area contributed by atoms with Crippen molar-refractivity contribution < 1.29 is 4.74 Å². The summed E-state index contributed by atoms with van der Waals surface area (Å²) in [5.41, 5.74) is 2.25. The highest BCUT2D eigenvalue weighted by Gasteiger charge is 2.38. The minimum absolute atomic E-state index is 0.0533. The molecular formula is C16H12O. The number of hydrogen-bond acceptors (Lipinski definition) is 1. The molecule has 2 atom stereocenters. The molecule has 3 rings (SSSR count). The molecule has 1 aliphatic rings. The highest BCUT2D eigenvalue weighted by molar-refractivity contribution is 5.37. The molecule has 2 aromatic rings. The third-order valence-electron chi connectivity index (χ3n) is 2.75. The fourth-order valence-electron chi connectivity index (χ4n) is 1.79. The molecule has 1 heterocycles. The van der Waals surface area contributed by atoms with Gasteiger partial charge in [-0.05, 0) is 17.7 Å². The molecule has 17 heavy (non-hydrogen) atoms. The highest BCUT2D eigenvalue weighted by atomic mass is 16.6. The molecule has 0 aromatic heterocycles. The van der Waals surface area contributed by atoms with Gasteiger partial charge in [0.15, 0.2) is 0 Å².